The van der Waals surface area contributed by atoms with Crippen LogP contribution < -0.4 is 21.4 Å². The van der Waals surface area contributed by atoms with Crippen molar-refractivity contribution in [1.29, 1.82) is 0 Å². The topological polar surface area (TPSA) is 88.1 Å². The maximum Gasteiger partial charge on any atom is 0.324 e. The van der Waals surface area contributed by atoms with Crippen LogP contribution in [0.4, 0.5) is 22.1 Å². The molecule has 2 heterocycles. The summed E-state index contributed by atoms with van der Waals surface area (Å²) in [6.07, 6.45) is 10.9. The molecule has 7 nitrogen and oxygen atoms in total. The Morgan fingerprint density at radius 2 is 1.69 bits per heavy atom. The van der Waals surface area contributed by atoms with Crippen molar-refractivity contribution in [2.45, 2.75) is 13.3 Å². The number of amides is 2. The number of para-hydroxylation sites is 2. The van der Waals surface area contributed by atoms with Gasteiger partial charge in [-0.1, -0.05) is 54.6 Å². The molecule has 2 aromatic heterocycles. The molecular weight excluding hydrogens is 450 g/mol. The van der Waals surface area contributed by atoms with Gasteiger partial charge in [0.2, 0.25) is 0 Å². The molecule has 178 valence electrons. The van der Waals surface area contributed by atoms with E-state index in [0.29, 0.717) is 28.1 Å². The number of benzene rings is 2. The molecule has 2 amide bonds. The van der Waals surface area contributed by atoms with E-state index in [1.165, 1.54) is 6.07 Å². The average Bonchev–Trinajstić information content (AvgIpc) is 3.13. The standard InChI is InChI=1S/C29H25N5O2/c1-20-18-24-27(28(30-20)33-29(36)32-22-14-8-4-9-15-22)25(35)19-26(31-21-12-6-2-3-7-13-21)34(24)23-16-10-5-11-17-23/h2,4-19,31H,3H2,1H3,(H2,30,32,33,36). The molecule has 0 fully saturated rings. The summed E-state index contributed by atoms with van der Waals surface area (Å²) in [5.74, 6) is 0.811. The van der Waals surface area contributed by atoms with Gasteiger partial charge in [0.15, 0.2) is 5.43 Å². The Hall–Kier alpha value is -4.91. The summed E-state index contributed by atoms with van der Waals surface area (Å²) < 4.78 is 1.97. The van der Waals surface area contributed by atoms with Gasteiger partial charge >= 0.3 is 6.03 Å². The van der Waals surface area contributed by atoms with Gasteiger partial charge in [-0.25, -0.2) is 9.78 Å². The molecule has 36 heavy (non-hydrogen) atoms. The van der Waals surface area contributed by atoms with Crippen molar-refractivity contribution in [1.82, 2.24) is 9.55 Å². The number of rotatable bonds is 5. The molecule has 1 aliphatic carbocycles. The monoisotopic (exact) mass is 475 g/mol. The number of hydrogen-bond donors (Lipinski definition) is 3. The van der Waals surface area contributed by atoms with Crippen LogP contribution in [0.15, 0.2) is 114 Å². The van der Waals surface area contributed by atoms with Crippen LogP contribution >= 0.6 is 0 Å². The van der Waals surface area contributed by atoms with Crippen LogP contribution in [-0.4, -0.2) is 15.6 Å². The lowest BCUT2D eigenvalue weighted by atomic mass is 10.1. The summed E-state index contributed by atoms with van der Waals surface area (Å²) in [6.45, 7) is 1.83. The third-order valence-electron chi connectivity index (χ3n) is 5.65. The van der Waals surface area contributed by atoms with Crippen LogP contribution in [-0.2, 0) is 0 Å². The highest BCUT2D eigenvalue weighted by molar-refractivity contribution is 6.05. The van der Waals surface area contributed by atoms with E-state index >= 15 is 0 Å². The van der Waals surface area contributed by atoms with Crippen LogP contribution in [0, 0.1) is 6.92 Å². The van der Waals surface area contributed by atoms with Crippen molar-refractivity contribution >= 4 is 34.3 Å². The van der Waals surface area contributed by atoms with Crippen molar-refractivity contribution < 1.29 is 4.79 Å². The number of fused-ring (bicyclic) bond motifs is 1. The van der Waals surface area contributed by atoms with Gasteiger partial charge in [0, 0.05) is 28.8 Å². The lowest BCUT2D eigenvalue weighted by Crippen LogP contribution is -2.22. The van der Waals surface area contributed by atoms with Crippen molar-refractivity contribution in [3.05, 3.63) is 125 Å². The van der Waals surface area contributed by atoms with Gasteiger partial charge in [0.05, 0.1) is 10.9 Å². The molecular formula is C29H25N5O2. The Labute approximate surface area is 208 Å². The average molecular weight is 476 g/mol. The first kappa shape index (κ1) is 22.9. The molecule has 7 heteroatoms. The summed E-state index contributed by atoms with van der Waals surface area (Å²) >= 11 is 0. The van der Waals surface area contributed by atoms with Crippen LogP contribution in [0.5, 0.6) is 0 Å². The third-order valence-corrected chi connectivity index (χ3v) is 5.65. The van der Waals surface area contributed by atoms with Crippen LogP contribution in [0.1, 0.15) is 12.1 Å². The van der Waals surface area contributed by atoms with E-state index in [9.17, 15) is 9.59 Å². The number of urea groups is 1. The van der Waals surface area contributed by atoms with E-state index in [2.05, 4.69) is 33.1 Å². The Balaban J connectivity index is 1.64. The number of hydrogen-bond acceptors (Lipinski definition) is 4. The number of aromatic nitrogens is 2. The maximum atomic E-state index is 13.4. The number of aryl methyl sites for hydroxylation is 1. The van der Waals surface area contributed by atoms with Crippen LogP contribution in [0.25, 0.3) is 16.6 Å². The van der Waals surface area contributed by atoms with Crippen LogP contribution in [0.3, 0.4) is 0 Å². The van der Waals surface area contributed by atoms with Crippen molar-refractivity contribution in [3.63, 3.8) is 0 Å². The predicted molar refractivity (Wildman–Crippen MR) is 146 cm³/mol. The molecule has 1 aliphatic rings. The molecule has 5 rings (SSSR count). The maximum absolute atomic E-state index is 13.4. The second-order valence-corrected chi connectivity index (χ2v) is 8.33. The summed E-state index contributed by atoms with van der Waals surface area (Å²) in [5, 5.41) is 9.28. The highest BCUT2D eigenvalue weighted by Crippen LogP contribution is 2.28. The van der Waals surface area contributed by atoms with Crippen molar-refractivity contribution in [3.8, 4) is 5.69 Å². The fourth-order valence-electron chi connectivity index (χ4n) is 4.11. The van der Waals surface area contributed by atoms with Gasteiger partial charge in [0.25, 0.3) is 0 Å². The number of pyridine rings is 2. The molecule has 0 bridgehead atoms. The largest absolute Gasteiger partial charge is 0.341 e. The lowest BCUT2D eigenvalue weighted by Gasteiger charge is -2.20. The number of nitrogens with one attached hydrogen (secondary N) is 3. The van der Waals surface area contributed by atoms with Crippen molar-refractivity contribution in [2.24, 2.45) is 0 Å². The van der Waals surface area contributed by atoms with E-state index in [4.69, 9.17) is 0 Å². The number of nitrogens with zero attached hydrogens (tertiary/aromatic N) is 2. The molecule has 0 spiro atoms. The summed E-state index contributed by atoms with van der Waals surface area (Å²) in [5.41, 5.74) is 3.40. The smallest absolute Gasteiger partial charge is 0.324 e. The molecule has 0 unspecified atom stereocenters. The second kappa shape index (κ2) is 10.1. The van der Waals surface area contributed by atoms with E-state index in [0.717, 1.165) is 17.8 Å². The molecule has 3 N–H and O–H groups in total. The Kier molecular flexibility index (Phi) is 6.44. The number of carbonyl (C=O) groups is 1. The minimum atomic E-state index is -0.478. The quantitative estimate of drug-likeness (QED) is 0.323. The van der Waals surface area contributed by atoms with Crippen molar-refractivity contribution in [2.75, 3.05) is 16.0 Å². The zero-order valence-corrected chi connectivity index (χ0v) is 19.7. The van der Waals surface area contributed by atoms with Gasteiger partial charge in [-0.15, -0.1) is 0 Å². The van der Waals surface area contributed by atoms with E-state index in [-0.39, 0.29) is 11.2 Å². The fourth-order valence-corrected chi connectivity index (χ4v) is 4.11. The molecule has 0 radical (unpaired) electrons. The summed E-state index contributed by atoms with van der Waals surface area (Å²) in [7, 11) is 0. The zero-order chi connectivity index (χ0) is 24.9. The molecule has 0 saturated carbocycles. The third kappa shape index (κ3) is 4.95. The first-order valence-corrected chi connectivity index (χ1v) is 11.6. The van der Waals surface area contributed by atoms with Crippen LogP contribution in [0.2, 0.25) is 0 Å². The molecule has 0 saturated heterocycles. The summed E-state index contributed by atoms with van der Waals surface area (Å²) in [6, 6.07) is 21.8. The van der Waals surface area contributed by atoms with Gasteiger partial charge in [-0.05, 0) is 55.8 Å². The first-order chi connectivity index (χ1) is 17.6. The predicted octanol–water partition coefficient (Wildman–Crippen LogP) is 6.15. The van der Waals surface area contributed by atoms with E-state index in [1.54, 1.807) is 12.1 Å². The molecule has 0 aliphatic heterocycles. The number of carbonyl (C=O) groups excluding carboxylic acids is 1. The highest BCUT2D eigenvalue weighted by Gasteiger charge is 2.18. The second-order valence-electron chi connectivity index (χ2n) is 8.33. The summed E-state index contributed by atoms with van der Waals surface area (Å²) in [4.78, 5) is 30.7. The lowest BCUT2D eigenvalue weighted by molar-refractivity contribution is 0.262. The Morgan fingerprint density at radius 1 is 0.944 bits per heavy atom. The molecule has 2 aromatic carbocycles. The molecule has 4 aromatic rings. The Bertz CT molecular complexity index is 1570. The highest BCUT2D eigenvalue weighted by atomic mass is 16.2. The Morgan fingerprint density at radius 3 is 2.47 bits per heavy atom. The van der Waals surface area contributed by atoms with Gasteiger partial charge < -0.3 is 10.6 Å². The normalized spacial score (nSPS) is 12.6. The van der Waals surface area contributed by atoms with E-state index in [1.807, 2.05) is 84.3 Å². The number of anilines is 3. The minimum Gasteiger partial charge on any atom is -0.341 e. The minimum absolute atomic E-state index is 0.205. The van der Waals surface area contributed by atoms with Gasteiger partial charge in [0.1, 0.15) is 11.6 Å². The zero-order valence-electron chi connectivity index (χ0n) is 19.7. The van der Waals surface area contributed by atoms with Gasteiger partial charge in [-0.2, -0.15) is 0 Å². The first-order valence-electron chi connectivity index (χ1n) is 11.6. The van der Waals surface area contributed by atoms with Gasteiger partial charge in [-0.3, -0.25) is 14.7 Å². The number of allylic oxidation sites excluding steroid dienone is 5. The fraction of sp³-hybridized carbons (Fsp3) is 0.0690. The molecule has 0 atom stereocenters. The van der Waals surface area contributed by atoms with E-state index < -0.39 is 6.03 Å². The SMILES string of the molecule is Cc1cc2c(c(NC(=O)Nc3ccccc3)n1)c(=O)cc(NC1=CC=CCC=C1)n2-c1ccccc1.